The highest BCUT2D eigenvalue weighted by molar-refractivity contribution is 5.83. The number of aromatic nitrogens is 1. The molecular weight excluding hydrogens is 178 g/mol. The first kappa shape index (κ1) is 9.06. The minimum absolute atomic E-state index is 0.284. The second kappa shape index (κ2) is 3.33. The first-order chi connectivity index (χ1) is 6.72. The minimum atomic E-state index is 0.284. The molecule has 0 saturated heterocycles. The van der Waals surface area contributed by atoms with Gasteiger partial charge in [0.2, 0.25) is 0 Å². The summed E-state index contributed by atoms with van der Waals surface area (Å²) in [7, 11) is 0. The first-order valence-electron chi connectivity index (χ1n) is 4.80. The quantitative estimate of drug-likeness (QED) is 0.793. The molecule has 2 aromatic rings. The van der Waals surface area contributed by atoms with Gasteiger partial charge in [-0.2, -0.15) is 0 Å². The molecule has 1 aromatic heterocycles. The van der Waals surface area contributed by atoms with Crippen molar-refractivity contribution in [3.05, 3.63) is 23.4 Å². The van der Waals surface area contributed by atoms with Crippen LogP contribution in [-0.4, -0.2) is 10.3 Å². The molecule has 14 heavy (non-hydrogen) atoms. The summed E-state index contributed by atoms with van der Waals surface area (Å²) in [6.45, 7) is 3.97. The van der Waals surface area contributed by atoms with Gasteiger partial charge < -0.3 is 9.63 Å². The van der Waals surface area contributed by atoms with Crippen molar-refractivity contribution in [3.8, 4) is 5.75 Å². The van der Waals surface area contributed by atoms with E-state index in [0.717, 1.165) is 35.1 Å². The number of phenols is 1. The van der Waals surface area contributed by atoms with Crippen molar-refractivity contribution in [1.29, 1.82) is 0 Å². The minimum Gasteiger partial charge on any atom is -0.508 e. The van der Waals surface area contributed by atoms with E-state index in [9.17, 15) is 5.11 Å². The highest BCUT2D eigenvalue weighted by Crippen LogP contribution is 2.27. The Labute approximate surface area is 82.3 Å². The smallest absolute Gasteiger partial charge is 0.170 e. The van der Waals surface area contributed by atoms with Gasteiger partial charge in [0.05, 0.1) is 5.69 Å². The zero-order valence-corrected chi connectivity index (χ0v) is 8.37. The third-order valence-corrected chi connectivity index (χ3v) is 2.33. The van der Waals surface area contributed by atoms with Gasteiger partial charge in [-0.15, -0.1) is 0 Å². The summed E-state index contributed by atoms with van der Waals surface area (Å²) in [5, 5.41) is 14.3. The van der Waals surface area contributed by atoms with Crippen molar-refractivity contribution in [2.24, 2.45) is 0 Å². The monoisotopic (exact) mass is 191 g/mol. The molecule has 1 N–H and O–H groups in total. The maximum absolute atomic E-state index is 9.51. The van der Waals surface area contributed by atoms with Crippen molar-refractivity contribution in [3.63, 3.8) is 0 Å². The SMILES string of the molecule is CCCc1cc(O)cc2c(C)noc12. The first-order valence-corrected chi connectivity index (χ1v) is 4.80. The van der Waals surface area contributed by atoms with Gasteiger partial charge in [-0.1, -0.05) is 18.5 Å². The van der Waals surface area contributed by atoms with Crippen molar-refractivity contribution in [1.82, 2.24) is 5.16 Å². The zero-order chi connectivity index (χ0) is 10.1. The number of aromatic hydroxyl groups is 1. The molecule has 2 rings (SSSR count). The molecular formula is C11H13NO2. The van der Waals surface area contributed by atoms with Crippen LogP contribution in [0.3, 0.4) is 0 Å². The van der Waals surface area contributed by atoms with E-state index in [-0.39, 0.29) is 5.75 Å². The second-order valence-corrected chi connectivity index (χ2v) is 3.50. The van der Waals surface area contributed by atoms with Crippen molar-refractivity contribution < 1.29 is 9.63 Å². The number of aryl methyl sites for hydroxylation is 2. The van der Waals surface area contributed by atoms with E-state index in [1.807, 2.05) is 6.92 Å². The largest absolute Gasteiger partial charge is 0.508 e. The Morgan fingerprint density at radius 2 is 2.21 bits per heavy atom. The van der Waals surface area contributed by atoms with E-state index in [1.54, 1.807) is 12.1 Å². The maximum atomic E-state index is 9.51. The lowest BCUT2D eigenvalue weighted by Crippen LogP contribution is -1.84. The summed E-state index contributed by atoms with van der Waals surface area (Å²) in [5.74, 6) is 0.284. The van der Waals surface area contributed by atoms with Gasteiger partial charge in [-0.05, 0) is 25.5 Å². The summed E-state index contributed by atoms with van der Waals surface area (Å²) in [5.41, 5.74) is 2.67. The van der Waals surface area contributed by atoms with Gasteiger partial charge in [0.1, 0.15) is 5.75 Å². The number of fused-ring (bicyclic) bond motifs is 1. The van der Waals surface area contributed by atoms with Gasteiger partial charge in [0, 0.05) is 10.9 Å². The molecule has 74 valence electrons. The Morgan fingerprint density at radius 1 is 1.43 bits per heavy atom. The number of rotatable bonds is 2. The van der Waals surface area contributed by atoms with Crippen LogP contribution < -0.4 is 0 Å². The highest BCUT2D eigenvalue weighted by atomic mass is 16.5. The third-order valence-electron chi connectivity index (χ3n) is 2.33. The molecule has 0 fully saturated rings. The van der Waals surface area contributed by atoms with Crippen LogP contribution in [0.2, 0.25) is 0 Å². The van der Waals surface area contributed by atoms with Gasteiger partial charge in [-0.3, -0.25) is 0 Å². The molecule has 0 unspecified atom stereocenters. The summed E-state index contributed by atoms with van der Waals surface area (Å²) in [6.07, 6.45) is 1.93. The normalized spacial score (nSPS) is 11.0. The molecule has 0 aliphatic rings. The predicted octanol–water partition coefficient (Wildman–Crippen LogP) is 2.79. The van der Waals surface area contributed by atoms with Crippen molar-refractivity contribution in [2.75, 3.05) is 0 Å². The molecule has 1 aromatic carbocycles. The van der Waals surface area contributed by atoms with E-state index in [2.05, 4.69) is 12.1 Å². The lowest BCUT2D eigenvalue weighted by Gasteiger charge is -2.00. The van der Waals surface area contributed by atoms with Crippen LogP contribution in [0.4, 0.5) is 0 Å². The topological polar surface area (TPSA) is 46.3 Å². The average Bonchev–Trinajstić information content (AvgIpc) is 2.49. The molecule has 1 heterocycles. The van der Waals surface area contributed by atoms with Crippen LogP contribution in [-0.2, 0) is 6.42 Å². The highest BCUT2D eigenvalue weighted by Gasteiger charge is 2.10. The fraction of sp³-hybridized carbons (Fsp3) is 0.364. The van der Waals surface area contributed by atoms with E-state index in [0.29, 0.717) is 0 Å². The lowest BCUT2D eigenvalue weighted by atomic mass is 10.1. The number of hydrogen-bond acceptors (Lipinski definition) is 3. The Hall–Kier alpha value is -1.51. The van der Waals surface area contributed by atoms with E-state index < -0.39 is 0 Å². The molecule has 0 amide bonds. The average molecular weight is 191 g/mol. The van der Waals surface area contributed by atoms with Gasteiger partial charge >= 0.3 is 0 Å². The van der Waals surface area contributed by atoms with Crippen LogP contribution in [0.25, 0.3) is 11.0 Å². The molecule has 0 aliphatic heterocycles. The fourth-order valence-electron chi connectivity index (χ4n) is 1.67. The van der Waals surface area contributed by atoms with Crippen molar-refractivity contribution in [2.45, 2.75) is 26.7 Å². The van der Waals surface area contributed by atoms with E-state index in [4.69, 9.17) is 4.52 Å². The molecule has 3 nitrogen and oxygen atoms in total. The summed E-state index contributed by atoms with van der Waals surface area (Å²) in [6, 6.07) is 3.44. The van der Waals surface area contributed by atoms with Crippen LogP contribution in [0.1, 0.15) is 24.6 Å². The summed E-state index contributed by atoms with van der Waals surface area (Å²) in [4.78, 5) is 0. The Balaban J connectivity index is 2.68. The fourth-order valence-corrected chi connectivity index (χ4v) is 1.67. The van der Waals surface area contributed by atoms with Crippen LogP contribution in [0.15, 0.2) is 16.7 Å². The van der Waals surface area contributed by atoms with Crippen molar-refractivity contribution >= 4 is 11.0 Å². The molecule has 0 aliphatic carbocycles. The molecule has 0 bridgehead atoms. The Kier molecular flexibility index (Phi) is 2.15. The molecule has 0 spiro atoms. The Morgan fingerprint density at radius 3 is 2.93 bits per heavy atom. The van der Waals surface area contributed by atoms with E-state index in [1.165, 1.54) is 0 Å². The lowest BCUT2D eigenvalue weighted by molar-refractivity contribution is 0.446. The van der Waals surface area contributed by atoms with Gasteiger partial charge in [0.15, 0.2) is 5.58 Å². The van der Waals surface area contributed by atoms with Crippen LogP contribution in [0, 0.1) is 6.92 Å². The number of nitrogens with zero attached hydrogens (tertiary/aromatic N) is 1. The standard InChI is InChI=1S/C11H13NO2/c1-3-4-8-5-9(13)6-10-7(2)12-14-11(8)10/h5-6,13H,3-4H2,1-2H3. The second-order valence-electron chi connectivity index (χ2n) is 3.50. The maximum Gasteiger partial charge on any atom is 0.170 e. The molecule has 0 atom stereocenters. The third kappa shape index (κ3) is 1.35. The molecule has 0 radical (unpaired) electrons. The number of benzene rings is 1. The van der Waals surface area contributed by atoms with Crippen LogP contribution >= 0.6 is 0 Å². The van der Waals surface area contributed by atoms with Gasteiger partial charge in [-0.25, -0.2) is 0 Å². The van der Waals surface area contributed by atoms with E-state index >= 15 is 0 Å². The summed E-state index contributed by atoms with van der Waals surface area (Å²) >= 11 is 0. The Bertz CT molecular complexity index is 460. The molecule has 0 saturated carbocycles. The summed E-state index contributed by atoms with van der Waals surface area (Å²) < 4.78 is 5.23. The van der Waals surface area contributed by atoms with Crippen LogP contribution in [0.5, 0.6) is 5.75 Å². The number of hydrogen-bond donors (Lipinski definition) is 1. The predicted molar refractivity (Wildman–Crippen MR) is 54.4 cm³/mol. The zero-order valence-electron chi connectivity index (χ0n) is 8.37. The molecule has 3 heteroatoms. The van der Waals surface area contributed by atoms with Gasteiger partial charge in [0.25, 0.3) is 0 Å². The number of phenolic OH excluding ortho intramolecular Hbond substituents is 1.